The summed E-state index contributed by atoms with van der Waals surface area (Å²) in [6.45, 7) is 0. The van der Waals surface area contributed by atoms with Crippen LogP contribution in [0.15, 0.2) is 62.0 Å². The first kappa shape index (κ1) is 11.5. The van der Waals surface area contributed by atoms with E-state index in [0.29, 0.717) is 9.79 Å². The quantitative estimate of drug-likeness (QED) is 0.678. The Morgan fingerprint density at radius 3 is 2.56 bits per heavy atom. The molecule has 1 aliphatic rings. The van der Waals surface area contributed by atoms with Crippen LogP contribution in [-0.2, 0) is 10.8 Å². The van der Waals surface area contributed by atoms with Gasteiger partial charge in [0.25, 0.3) is 0 Å². The van der Waals surface area contributed by atoms with Crippen molar-refractivity contribution >= 4 is 28.5 Å². The maximum atomic E-state index is 12.3. The van der Waals surface area contributed by atoms with Gasteiger partial charge in [0.2, 0.25) is 0 Å². The van der Waals surface area contributed by atoms with Crippen molar-refractivity contribution in [2.45, 2.75) is 19.6 Å². The van der Waals surface area contributed by atoms with E-state index < -0.39 is 16.8 Å². The lowest BCUT2D eigenvalue weighted by atomic mass is 10.2. The molecule has 0 saturated heterocycles. The second-order valence-electron chi connectivity index (χ2n) is 3.77. The molecule has 0 saturated carbocycles. The van der Waals surface area contributed by atoms with Gasteiger partial charge in [-0.2, -0.15) is 0 Å². The molecule has 1 heterocycles. The summed E-state index contributed by atoms with van der Waals surface area (Å²) in [6.07, 6.45) is 0. The van der Waals surface area contributed by atoms with Crippen molar-refractivity contribution in [2.24, 2.45) is 0 Å². The van der Waals surface area contributed by atoms with Crippen molar-refractivity contribution in [2.75, 3.05) is 0 Å². The molecule has 3 nitrogen and oxygen atoms in total. The molecule has 5 heteroatoms. The Morgan fingerprint density at radius 2 is 1.78 bits per heavy atom. The predicted molar refractivity (Wildman–Crippen MR) is 66.0 cm³/mol. The first-order valence-corrected chi connectivity index (χ1v) is 7.17. The molecule has 0 N–H and O–H groups in total. The summed E-state index contributed by atoms with van der Waals surface area (Å²) < 4.78 is 12.3. The highest BCUT2D eigenvalue weighted by Crippen LogP contribution is 2.42. The summed E-state index contributed by atoms with van der Waals surface area (Å²) in [4.78, 5) is 13.9. The molecule has 18 heavy (non-hydrogen) atoms. The number of hydrogen-bond acceptors (Lipinski definition) is 4. The van der Waals surface area contributed by atoms with E-state index in [9.17, 15) is 14.1 Å². The summed E-state index contributed by atoms with van der Waals surface area (Å²) in [5.74, 6) is -1.22. The molecule has 0 fully saturated rings. The molecule has 0 aliphatic carbocycles. The van der Waals surface area contributed by atoms with Gasteiger partial charge in [0.1, 0.15) is 0 Å². The molecule has 0 radical (unpaired) electrons. The highest BCUT2D eigenvalue weighted by molar-refractivity contribution is 8.01. The molecular formula is C13H7O3S2-. The molecule has 90 valence electrons. The third-order valence-electron chi connectivity index (χ3n) is 2.65. The highest BCUT2D eigenvalue weighted by Gasteiger charge is 2.22. The third-order valence-corrected chi connectivity index (χ3v) is 5.55. The zero-order valence-corrected chi connectivity index (χ0v) is 10.7. The van der Waals surface area contributed by atoms with Gasteiger partial charge in [-0.1, -0.05) is 30.0 Å². The first-order chi connectivity index (χ1) is 8.66. The zero-order chi connectivity index (χ0) is 12.7. The number of carbonyl (C=O) groups excluding carboxylic acids is 1. The number of fused-ring (bicyclic) bond motifs is 2. The lowest BCUT2D eigenvalue weighted by molar-refractivity contribution is -0.255. The van der Waals surface area contributed by atoms with E-state index in [4.69, 9.17) is 0 Å². The van der Waals surface area contributed by atoms with Crippen molar-refractivity contribution < 1.29 is 14.1 Å². The van der Waals surface area contributed by atoms with Crippen LogP contribution in [0.3, 0.4) is 0 Å². The Morgan fingerprint density at radius 1 is 1.06 bits per heavy atom. The molecule has 1 atom stereocenters. The van der Waals surface area contributed by atoms with Crippen LogP contribution in [0.1, 0.15) is 10.4 Å². The van der Waals surface area contributed by atoms with Crippen molar-refractivity contribution in [3.8, 4) is 0 Å². The maximum Gasteiger partial charge on any atom is 0.0872 e. The summed E-state index contributed by atoms with van der Waals surface area (Å²) in [6, 6.07) is 12.0. The van der Waals surface area contributed by atoms with Crippen LogP contribution in [0.4, 0.5) is 0 Å². The molecule has 2 aromatic carbocycles. The van der Waals surface area contributed by atoms with Crippen LogP contribution in [0.25, 0.3) is 0 Å². The van der Waals surface area contributed by atoms with Gasteiger partial charge in [0.15, 0.2) is 0 Å². The van der Waals surface area contributed by atoms with Gasteiger partial charge in [0, 0.05) is 9.79 Å². The summed E-state index contributed by atoms with van der Waals surface area (Å²) >= 11 is 1.43. The lowest BCUT2D eigenvalue weighted by Crippen LogP contribution is -2.22. The van der Waals surface area contributed by atoms with Crippen LogP contribution < -0.4 is 5.11 Å². The average Bonchev–Trinajstić information content (AvgIpc) is 2.38. The second-order valence-corrected chi connectivity index (χ2v) is 6.27. The van der Waals surface area contributed by atoms with Crippen molar-refractivity contribution in [1.82, 2.24) is 0 Å². The predicted octanol–water partition coefficient (Wildman–Crippen LogP) is 1.68. The largest absolute Gasteiger partial charge is 0.545 e. The van der Waals surface area contributed by atoms with Gasteiger partial charge in [0.05, 0.1) is 26.6 Å². The number of benzene rings is 2. The van der Waals surface area contributed by atoms with E-state index in [0.717, 1.165) is 9.79 Å². The van der Waals surface area contributed by atoms with Gasteiger partial charge >= 0.3 is 0 Å². The molecule has 0 aromatic heterocycles. The van der Waals surface area contributed by atoms with Crippen molar-refractivity contribution in [3.63, 3.8) is 0 Å². The monoisotopic (exact) mass is 275 g/mol. The van der Waals surface area contributed by atoms with E-state index in [-0.39, 0.29) is 5.56 Å². The number of hydrogen-bond donors (Lipinski definition) is 0. The number of carbonyl (C=O) groups is 1. The van der Waals surface area contributed by atoms with Crippen LogP contribution in [-0.4, -0.2) is 10.2 Å². The molecule has 1 aliphatic heterocycles. The van der Waals surface area contributed by atoms with E-state index >= 15 is 0 Å². The third kappa shape index (κ3) is 1.76. The fourth-order valence-electron chi connectivity index (χ4n) is 1.79. The molecule has 1 unspecified atom stereocenters. The average molecular weight is 275 g/mol. The van der Waals surface area contributed by atoms with Crippen LogP contribution >= 0.6 is 11.8 Å². The smallest absolute Gasteiger partial charge is 0.0872 e. The summed E-state index contributed by atoms with van der Waals surface area (Å²) in [7, 11) is -1.25. The van der Waals surface area contributed by atoms with Gasteiger partial charge in [-0.05, 0) is 29.8 Å². The number of carboxylic acid groups (broad SMARTS) is 1. The summed E-state index contributed by atoms with van der Waals surface area (Å²) in [5.41, 5.74) is 0.109. The topological polar surface area (TPSA) is 57.2 Å². The zero-order valence-electron chi connectivity index (χ0n) is 9.08. The SMILES string of the molecule is O=C([O-])c1ccc2c(c1)Sc1ccccc1S2=O. The molecule has 0 amide bonds. The summed E-state index contributed by atoms with van der Waals surface area (Å²) in [5, 5.41) is 10.8. The van der Waals surface area contributed by atoms with Gasteiger partial charge < -0.3 is 9.90 Å². The molecule has 0 spiro atoms. The van der Waals surface area contributed by atoms with E-state index in [1.165, 1.54) is 23.9 Å². The minimum atomic E-state index is -1.25. The second kappa shape index (κ2) is 4.26. The lowest BCUT2D eigenvalue weighted by Gasteiger charge is -2.18. The molecule has 3 rings (SSSR count). The number of rotatable bonds is 1. The minimum absolute atomic E-state index is 0.109. The van der Waals surface area contributed by atoms with E-state index in [1.807, 2.05) is 24.3 Å². The Bertz CT molecular complexity index is 680. The fourth-order valence-corrected chi connectivity index (χ4v) is 4.53. The highest BCUT2D eigenvalue weighted by atomic mass is 32.2. The van der Waals surface area contributed by atoms with Crippen LogP contribution in [0.5, 0.6) is 0 Å². The maximum absolute atomic E-state index is 12.3. The van der Waals surface area contributed by atoms with Crippen LogP contribution in [0, 0.1) is 0 Å². The van der Waals surface area contributed by atoms with Crippen molar-refractivity contribution in [3.05, 3.63) is 48.0 Å². The Balaban J connectivity index is 2.16. The minimum Gasteiger partial charge on any atom is -0.545 e. The Kier molecular flexibility index (Phi) is 2.72. The molecule has 0 bridgehead atoms. The first-order valence-electron chi connectivity index (χ1n) is 5.21. The normalized spacial score (nSPS) is 16.8. The molecule has 2 aromatic rings. The Labute approximate surface area is 110 Å². The number of aromatic carboxylic acids is 1. The van der Waals surface area contributed by atoms with Crippen LogP contribution in [0.2, 0.25) is 0 Å². The Hall–Kier alpha value is -1.59. The van der Waals surface area contributed by atoms with Crippen molar-refractivity contribution in [1.29, 1.82) is 0 Å². The van der Waals surface area contributed by atoms with E-state index in [1.54, 1.807) is 6.07 Å². The molecular weight excluding hydrogens is 268 g/mol. The van der Waals surface area contributed by atoms with Gasteiger partial charge in [-0.3, -0.25) is 0 Å². The number of carboxylic acids is 1. The van der Waals surface area contributed by atoms with Gasteiger partial charge in [-0.15, -0.1) is 0 Å². The standard InChI is InChI=1S/C13H8O3S2/c14-13(15)8-5-6-12-10(7-8)17-9-3-1-2-4-11(9)18(12)16/h1-7H,(H,14,15)/p-1. The van der Waals surface area contributed by atoms with E-state index in [2.05, 4.69) is 0 Å². The van der Waals surface area contributed by atoms with Gasteiger partial charge in [-0.25, -0.2) is 4.21 Å². The fraction of sp³-hybridized carbons (Fsp3) is 0.